The average Bonchev–Trinajstić information content (AvgIpc) is 2.15. The predicted molar refractivity (Wildman–Crippen MR) is 59.1 cm³/mol. The summed E-state index contributed by atoms with van der Waals surface area (Å²) in [5.74, 6) is 0. The molecule has 0 aliphatic carbocycles. The first-order valence-electron chi connectivity index (χ1n) is 3.71. The molecule has 0 spiro atoms. The van der Waals surface area contributed by atoms with Gasteiger partial charge >= 0.3 is 162 Å². The molecule has 0 N–H and O–H groups in total. The van der Waals surface area contributed by atoms with Crippen molar-refractivity contribution < 1.29 is 182 Å². The second-order valence-electron chi connectivity index (χ2n) is 0.298. The van der Waals surface area contributed by atoms with Crippen molar-refractivity contribution in [2.24, 2.45) is 0 Å². The van der Waals surface area contributed by atoms with Crippen LogP contribution in [0.25, 0.3) is 0 Å². The van der Waals surface area contributed by atoms with Crippen LogP contribution in [-0.4, -0.2) is 0 Å². The summed E-state index contributed by atoms with van der Waals surface area (Å²) in [6, 6.07) is 0. The van der Waals surface area contributed by atoms with E-state index < -0.39 is 8.25 Å². The van der Waals surface area contributed by atoms with Crippen LogP contribution < -0.4 is 164 Å². The Hall–Kier alpha value is 4.89. The van der Waals surface area contributed by atoms with Gasteiger partial charge in [0, 0.05) is 4.11 Å². The van der Waals surface area contributed by atoms with E-state index >= 15 is 0 Å². The summed E-state index contributed by atoms with van der Waals surface area (Å²) in [5, 5.41) is 8.53. The molecule has 0 saturated carbocycles. The first-order valence-corrected chi connectivity index (χ1v) is 1.81. The second-order valence-corrected chi connectivity index (χ2v) is 0.894. The number of rotatable bonds is 1. The summed E-state index contributed by atoms with van der Waals surface area (Å²) in [5.41, 5.74) is 0. The largest absolute Gasteiger partial charge is 1.00 e. The molecule has 0 fully saturated rings. The molecule has 0 aliphatic rings. The molecule has 8 heteroatoms. The van der Waals surface area contributed by atoms with Gasteiger partial charge in [-0.25, -0.2) is 4.67 Å². The molecule has 15 heavy (non-hydrogen) atoms. The van der Waals surface area contributed by atoms with E-state index in [4.69, 9.17) is 18.8 Å². The van der Waals surface area contributed by atoms with Crippen LogP contribution in [0.2, 0.25) is 0 Å². The summed E-state index contributed by atoms with van der Waals surface area (Å²) in [7, 11) is 0.596. The van der Waals surface area contributed by atoms with Crippen molar-refractivity contribution in [3.8, 4) is 0 Å². The van der Waals surface area contributed by atoms with Gasteiger partial charge in [-0.1, -0.05) is 51.9 Å². The standard InChI is InChI=1S/7CH4.3K.HO4P.3H/c;;;;;;;;;;1-4-5(2)3;;;/h7*1H4;;;;1H;;;/q;;;;;;;3*+1;;3*-1/p-1/i3*1T;;;;;;;;;;;. The molecule has 0 aromatic heterocycles. The first kappa shape index (κ1) is 50.2. The van der Waals surface area contributed by atoms with Crippen molar-refractivity contribution in [2.45, 2.75) is 51.9 Å². The maximum Gasteiger partial charge on any atom is 1.00 e. The molecule has 0 aliphatic heterocycles. The number of hydrogen-bond donors (Lipinski definition) is 0. The maximum absolute atomic E-state index is 8.87. The van der Waals surface area contributed by atoms with Gasteiger partial charge in [0.05, 0.1) is 0 Å². The fourth-order valence-corrected chi connectivity index (χ4v) is 0. The van der Waals surface area contributed by atoms with E-state index in [2.05, 4.69) is 4.67 Å². The SMILES string of the molecule is C.C.C.C.O=[P+]([O-])O[O-].[3H]C.[3H]C.[3H]C.[H-].[H-].[H-].[K+].[K+].[K+]. The molecule has 1 atom stereocenters. The Morgan fingerprint density at radius 2 is 1.00 bits per heavy atom. The molecule has 0 rings (SSSR count). The fourth-order valence-electron chi connectivity index (χ4n) is 0. The summed E-state index contributed by atoms with van der Waals surface area (Å²) < 4.78 is 28.6. The Morgan fingerprint density at radius 3 is 1.00 bits per heavy atom. The minimum atomic E-state index is -3.15. The van der Waals surface area contributed by atoms with Gasteiger partial charge in [0.25, 0.3) is 0 Å². The van der Waals surface area contributed by atoms with Gasteiger partial charge in [-0.3, -0.25) is 0 Å². The topological polar surface area (TPSA) is 72.4 Å². The molecule has 0 amide bonds. The van der Waals surface area contributed by atoms with Crippen molar-refractivity contribution in [2.75, 3.05) is 0 Å². The quantitative estimate of drug-likeness (QED) is 0.207. The summed E-state index contributed by atoms with van der Waals surface area (Å²) >= 11 is 0. The van der Waals surface area contributed by atoms with Crippen LogP contribution in [0.15, 0.2) is 0 Å². The van der Waals surface area contributed by atoms with E-state index in [9.17, 15) is 0 Å². The minimum absolute atomic E-state index is 0. The first-order chi connectivity index (χ1) is 5.27. The Morgan fingerprint density at radius 1 is 0.933 bits per heavy atom. The zero-order valence-electron chi connectivity index (χ0n) is 14.1. The third kappa shape index (κ3) is 114. The summed E-state index contributed by atoms with van der Waals surface area (Å²) in [6.07, 6.45) is 0. The molecule has 0 saturated heterocycles. The van der Waals surface area contributed by atoms with Gasteiger partial charge in [0.15, 0.2) is 0 Å². The van der Waals surface area contributed by atoms with E-state index in [-0.39, 0.29) is 188 Å². The third-order valence-corrected chi connectivity index (χ3v) is 0.183. The van der Waals surface area contributed by atoms with Gasteiger partial charge in [0.1, 0.15) is 0 Å². The third-order valence-electron chi connectivity index (χ3n) is 0.0609. The molecule has 0 bridgehead atoms. The smallest absolute Gasteiger partial charge is 1.00 e. The Kier molecular flexibility index (Phi) is 256. The van der Waals surface area contributed by atoms with Crippen LogP contribution in [0.4, 0.5) is 0 Å². The van der Waals surface area contributed by atoms with Gasteiger partial charge < -0.3 is 14.4 Å². The van der Waals surface area contributed by atoms with Crippen molar-refractivity contribution in [3.63, 3.8) is 0 Å². The van der Waals surface area contributed by atoms with Crippen molar-refractivity contribution in [3.05, 3.63) is 0 Å². The monoisotopic (exact) mass is 333 g/mol. The van der Waals surface area contributed by atoms with Gasteiger partial charge in [-0.2, -0.15) is 0 Å². The van der Waals surface area contributed by atoms with E-state index in [0.717, 1.165) is 0 Å². The van der Waals surface area contributed by atoms with Crippen LogP contribution in [0.1, 0.15) is 60.3 Å². The summed E-state index contributed by atoms with van der Waals surface area (Å²) in [4.78, 5) is 8.87. The average molecular weight is 334 g/mol. The van der Waals surface area contributed by atoms with E-state index in [0.29, 0.717) is 0 Å². The molecular weight excluding hydrogens is 296 g/mol. The molecule has 0 radical (unpaired) electrons. The Balaban J connectivity index is -0.00000000238. The van der Waals surface area contributed by atoms with Crippen LogP contribution in [0, 0.1) is 0 Å². The van der Waals surface area contributed by atoms with Gasteiger partial charge in [0.2, 0.25) is 0 Å². The van der Waals surface area contributed by atoms with Crippen molar-refractivity contribution in [1.82, 2.24) is 0 Å². The van der Waals surface area contributed by atoms with Crippen LogP contribution in [0.3, 0.4) is 0 Å². The maximum atomic E-state index is 8.87. The zero-order valence-corrected chi connectivity index (χ0v) is 18.3. The van der Waals surface area contributed by atoms with Gasteiger partial charge in [-0.05, 0) is 4.57 Å². The molecule has 1 unspecified atom stereocenters. The Labute approximate surface area is 236 Å². The van der Waals surface area contributed by atoms with Crippen LogP contribution >= 0.6 is 8.25 Å². The molecule has 0 heterocycles. The van der Waals surface area contributed by atoms with E-state index in [1.165, 1.54) is 22.2 Å². The molecule has 0 aromatic rings. The normalized spacial score (nSPS) is 5.13. The molecule has 4 nitrogen and oxygen atoms in total. The van der Waals surface area contributed by atoms with Gasteiger partial charge in [-0.15, -0.1) is 0 Å². The molecule has 0 aromatic carbocycles. The van der Waals surface area contributed by atoms with Crippen LogP contribution in [-0.2, 0) is 9.24 Å². The Bertz CT molecular complexity index is 79.6. The van der Waals surface area contributed by atoms with Crippen molar-refractivity contribution in [1.29, 1.82) is 0 Å². The number of hydrogen-bond acceptors (Lipinski definition) is 4. The predicted octanol–water partition coefficient (Wildman–Crippen LogP) is -5.90. The molecule has 92 valence electrons. The zero-order chi connectivity index (χ0) is 10.3. The molecular formula is C7H31K3O4P-. The summed E-state index contributed by atoms with van der Waals surface area (Å²) in [6.45, 7) is 0. The van der Waals surface area contributed by atoms with Crippen LogP contribution in [0.5, 0.6) is 0 Å². The minimum Gasteiger partial charge on any atom is -1.00 e. The van der Waals surface area contributed by atoms with E-state index in [1.54, 1.807) is 0 Å². The fraction of sp³-hybridized carbons (Fsp3) is 1.00. The van der Waals surface area contributed by atoms with Crippen molar-refractivity contribution >= 4 is 8.25 Å². The second kappa shape index (κ2) is 76.5. The van der Waals surface area contributed by atoms with E-state index in [1.807, 2.05) is 0 Å².